The number of carbonyl (C=O) groups excluding carboxylic acids is 3. The standard InChI is InChI=1S/C32H30N6O6S/c1-19-17-22(44-21-8-3-2-4-9-21)11-12-23(19)38-24-13-15-33-30-26(24)27(36-31(38)41)28(45-30)29(40)35-20-7-6-16-37(18-20)25(39)10-5-14-34-32(42)43/h2-5,8-13,15,17,20,34H,6-7,14,16,18H2,1H3,(H,35,40)(H,36,41)(H,42,43)/b10-5+. The van der Waals surface area contributed by atoms with E-state index in [0.717, 1.165) is 5.56 Å². The first-order valence-electron chi connectivity index (χ1n) is 14.4. The van der Waals surface area contributed by atoms with Crippen LogP contribution in [-0.4, -0.2) is 64.6 Å². The number of amides is 5. The monoisotopic (exact) mass is 626 g/mol. The SMILES string of the molecule is Cc1cc(Oc2ccccc2)ccc1N1C(=O)Nc2c(C(=O)NC3CCCN(C(=O)/C=C/CNC(=O)O)C3)sc3nccc1c23. The van der Waals surface area contributed by atoms with Crippen molar-refractivity contribution in [1.82, 2.24) is 20.5 Å². The van der Waals surface area contributed by atoms with Crippen molar-refractivity contribution < 1.29 is 29.0 Å². The zero-order valence-electron chi connectivity index (χ0n) is 24.3. The zero-order valence-corrected chi connectivity index (χ0v) is 25.1. The van der Waals surface area contributed by atoms with Gasteiger partial charge in [-0.1, -0.05) is 24.3 Å². The quantitative estimate of drug-likeness (QED) is 0.185. The highest BCUT2D eigenvalue weighted by atomic mass is 32.1. The number of hydrogen-bond donors (Lipinski definition) is 4. The van der Waals surface area contributed by atoms with Crippen molar-refractivity contribution in [3.05, 3.63) is 83.4 Å². The maximum atomic E-state index is 13.6. The number of likely N-dealkylation sites (tertiary alicyclic amines) is 1. The van der Waals surface area contributed by atoms with Crippen molar-refractivity contribution in [3.8, 4) is 11.5 Å². The van der Waals surface area contributed by atoms with Gasteiger partial charge >= 0.3 is 12.1 Å². The number of nitrogens with zero attached hydrogens (tertiary/aromatic N) is 3. The first-order chi connectivity index (χ1) is 21.8. The molecule has 4 N–H and O–H groups in total. The molecule has 230 valence electrons. The van der Waals surface area contributed by atoms with E-state index in [9.17, 15) is 19.2 Å². The maximum Gasteiger partial charge on any atom is 0.404 e. The van der Waals surface area contributed by atoms with Gasteiger partial charge in [0.2, 0.25) is 5.91 Å². The Bertz CT molecular complexity index is 1820. The van der Waals surface area contributed by atoms with E-state index < -0.39 is 12.1 Å². The van der Waals surface area contributed by atoms with Crippen molar-refractivity contribution in [2.75, 3.05) is 29.9 Å². The van der Waals surface area contributed by atoms with E-state index in [2.05, 4.69) is 20.9 Å². The third kappa shape index (κ3) is 6.29. The molecule has 1 fully saturated rings. The highest BCUT2D eigenvalue weighted by molar-refractivity contribution is 7.21. The van der Waals surface area contributed by atoms with E-state index in [0.29, 0.717) is 69.6 Å². The van der Waals surface area contributed by atoms with Crippen LogP contribution < -0.4 is 25.6 Å². The van der Waals surface area contributed by atoms with Gasteiger partial charge in [-0.25, -0.2) is 14.6 Å². The fourth-order valence-corrected chi connectivity index (χ4v) is 6.53. The number of urea groups is 1. The summed E-state index contributed by atoms with van der Waals surface area (Å²) in [5.41, 5.74) is 2.52. The normalized spacial score (nSPS) is 16.0. The molecule has 2 aromatic carbocycles. The van der Waals surface area contributed by atoms with Gasteiger partial charge in [-0.2, -0.15) is 0 Å². The average molecular weight is 627 g/mol. The number of piperidine rings is 1. The van der Waals surface area contributed by atoms with Crippen LogP contribution in [0.25, 0.3) is 10.2 Å². The molecule has 13 heteroatoms. The summed E-state index contributed by atoms with van der Waals surface area (Å²) in [7, 11) is 0. The summed E-state index contributed by atoms with van der Waals surface area (Å²) in [6.07, 6.45) is 4.62. The van der Waals surface area contributed by atoms with E-state index in [-0.39, 0.29) is 24.4 Å². The fraction of sp³-hybridized carbons (Fsp3) is 0.219. The molecule has 0 saturated carbocycles. The van der Waals surface area contributed by atoms with Gasteiger partial charge in [0.15, 0.2) is 0 Å². The van der Waals surface area contributed by atoms with E-state index in [4.69, 9.17) is 9.84 Å². The van der Waals surface area contributed by atoms with Crippen LogP contribution in [0.5, 0.6) is 11.5 Å². The van der Waals surface area contributed by atoms with Gasteiger partial charge in [0.1, 0.15) is 21.2 Å². The minimum Gasteiger partial charge on any atom is -0.465 e. The second-order valence-electron chi connectivity index (χ2n) is 10.6. The molecule has 45 heavy (non-hydrogen) atoms. The number of hydrogen-bond acceptors (Lipinski definition) is 7. The Balaban J connectivity index is 1.20. The third-order valence-electron chi connectivity index (χ3n) is 7.54. The number of aromatic nitrogens is 1. The summed E-state index contributed by atoms with van der Waals surface area (Å²) in [5.74, 6) is 0.741. The predicted octanol–water partition coefficient (Wildman–Crippen LogP) is 5.63. The number of aryl methyl sites for hydroxylation is 1. The molecule has 0 radical (unpaired) electrons. The Morgan fingerprint density at radius 1 is 1.13 bits per heavy atom. The van der Waals surface area contributed by atoms with Crippen molar-refractivity contribution in [1.29, 1.82) is 0 Å². The molecule has 6 rings (SSSR count). The zero-order chi connectivity index (χ0) is 31.5. The second kappa shape index (κ2) is 12.7. The van der Waals surface area contributed by atoms with Crippen LogP contribution in [0.15, 0.2) is 72.9 Å². The van der Waals surface area contributed by atoms with Gasteiger partial charge in [0, 0.05) is 37.9 Å². The van der Waals surface area contributed by atoms with Crippen LogP contribution in [0, 0.1) is 6.92 Å². The smallest absolute Gasteiger partial charge is 0.404 e. The molecule has 0 aliphatic carbocycles. The Kier molecular flexibility index (Phi) is 8.34. The number of anilines is 3. The van der Waals surface area contributed by atoms with E-state index in [1.54, 1.807) is 22.1 Å². The Hall–Kier alpha value is -5.43. The van der Waals surface area contributed by atoms with Crippen LogP contribution >= 0.6 is 11.3 Å². The van der Waals surface area contributed by atoms with Gasteiger partial charge in [-0.15, -0.1) is 11.3 Å². The number of ether oxygens (including phenoxy) is 1. The lowest BCUT2D eigenvalue weighted by molar-refractivity contribution is -0.127. The largest absolute Gasteiger partial charge is 0.465 e. The van der Waals surface area contributed by atoms with E-state index in [1.807, 2.05) is 55.5 Å². The van der Waals surface area contributed by atoms with Gasteiger partial charge < -0.3 is 30.7 Å². The summed E-state index contributed by atoms with van der Waals surface area (Å²) < 4.78 is 5.96. The molecule has 4 heterocycles. The Morgan fingerprint density at radius 2 is 1.96 bits per heavy atom. The van der Waals surface area contributed by atoms with Crippen molar-refractivity contribution in [2.24, 2.45) is 0 Å². The van der Waals surface area contributed by atoms with Gasteiger partial charge in [0.25, 0.3) is 5.91 Å². The van der Waals surface area contributed by atoms with Crippen LogP contribution in [0.4, 0.5) is 26.7 Å². The summed E-state index contributed by atoms with van der Waals surface area (Å²) in [5, 5.41) is 17.5. The topological polar surface area (TPSA) is 153 Å². The second-order valence-corrected chi connectivity index (χ2v) is 11.6. The minimum atomic E-state index is -1.17. The molecule has 1 atom stereocenters. The molecule has 12 nitrogen and oxygen atoms in total. The molecule has 4 aromatic rings. The fourth-order valence-electron chi connectivity index (χ4n) is 5.51. The summed E-state index contributed by atoms with van der Waals surface area (Å²) >= 11 is 1.20. The molecule has 1 unspecified atom stereocenters. The van der Waals surface area contributed by atoms with Crippen molar-refractivity contribution >= 4 is 62.6 Å². The van der Waals surface area contributed by atoms with Gasteiger partial charge in [-0.3, -0.25) is 14.5 Å². The number of para-hydroxylation sites is 1. The third-order valence-corrected chi connectivity index (χ3v) is 8.64. The molecule has 2 aliphatic heterocycles. The first kappa shape index (κ1) is 29.6. The van der Waals surface area contributed by atoms with Crippen LogP contribution in [0.2, 0.25) is 0 Å². The lowest BCUT2D eigenvalue weighted by atomic mass is 10.0. The number of thiophene rings is 1. The number of nitrogens with one attached hydrogen (secondary N) is 3. The van der Waals surface area contributed by atoms with Gasteiger partial charge in [-0.05, 0) is 61.7 Å². The van der Waals surface area contributed by atoms with Crippen LogP contribution in [0.1, 0.15) is 28.1 Å². The highest BCUT2D eigenvalue weighted by Gasteiger charge is 2.34. The maximum absolute atomic E-state index is 13.6. The molecular formula is C32H30N6O6S. The minimum absolute atomic E-state index is 0.0243. The molecule has 1 saturated heterocycles. The number of rotatable bonds is 8. The first-order valence-corrected chi connectivity index (χ1v) is 15.2. The van der Waals surface area contributed by atoms with Crippen molar-refractivity contribution in [2.45, 2.75) is 25.8 Å². The summed E-state index contributed by atoms with van der Waals surface area (Å²) in [4.78, 5) is 59.0. The lowest BCUT2D eigenvalue weighted by Gasteiger charge is -2.32. The van der Waals surface area contributed by atoms with Gasteiger partial charge in [0.05, 0.1) is 22.4 Å². The Morgan fingerprint density at radius 3 is 2.73 bits per heavy atom. The van der Waals surface area contributed by atoms with Crippen LogP contribution in [-0.2, 0) is 4.79 Å². The van der Waals surface area contributed by atoms with Crippen LogP contribution in [0.3, 0.4) is 0 Å². The number of benzene rings is 2. The average Bonchev–Trinajstić information content (AvgIpc) is 3.40. The lowest BCUT2D eigenvalue weighted by Crippen LogP contribution is -2.49. The number of pyridine rings is 1. The molecule has 2 aromatic heterocycles. The molecule has 0 spiro atoms. The van der Waals surface area contributed by atoms with Crippen molar-refractivity contribution in [3.63, 3.8) is 0 Å². The molecule has 2 aliphatic rings. The predicted molar refractivity (Wildman–Crippen MR) is 171 cm³/mol. The van der Waals surface area contributed by atoms with E-state index >= 15 is 0 Å². The number of carbonyl (C=O) groups is 4. The van der Waals surface area contributed by atoms with E-state index in [1.165, 1.54) is 23.5 Å². The molecule has 5 amide bonds. The highest BCUT2D eigenvalue weighted by Crippen LogP contribution is 2.46. The Labute approximate surface area is 262 Å². The number of carboxylic acid groups (broad SMARTS) is 1. The summed E-state index contributed by atoms with van der Waals surface area (Å²) in [6, 6.07) is 16.0. The summed E-state index contributed by atoms with van der Waals surface area (Å²) in [6.45, 7) is 2.78. The molecular weight excluding hydrogens is 596 g/mol. The molecule has 0 bridgehead atoms.